The van der Waals surface area contributed by atoms with Crippen LogP contribution in [-0.4, -0.2) is 45.8 Å². The SMILES string of the molecule is O=C(O)C1CC(O)CN1C(=O)Nc1ccc(Br)cc1. The molecule has 1 saturated heterocycles. The number of carboxylic acids is 1. The van der Waals surface area contributed by atoms with Crippen LogP contribution in [0.15, 0.2) is 28.7 Å². The second kappa shape index (κ2) is 5.58. The van der Waals surface area contributed by atoms with E-state index in [0.29, 0.717) is 5.69 Å². The molecule has 6 nitrogen and oxygen atoms in total. The molecule has 0 bridgehead atoms. The van der Waals surface area contributed by atoms with Crippen LogP contribution in [-0.2, 0) is 4.79 Å². The number of nitrogens with zero attached hydrogens (tertiary/aromatic N) is 1. The van der Waals surface area contributed by atoms with E-state index in [1.54, 1.807) is 24.3 Å². The fourth-order valence-electron chi connectivity index (χ4n) is 2.00. The van der Waals surface area contributed by atoms with Gasteiger partial charge in [-0.3, -0.25) is 0 Å². The largest absolute Gasteiger partial charge is 0.480 e. The molecule has 102 valence electrons. The van der Waals surface area contributed by atoms with Crippen molar-refractivity contribution in [3.8, 4) is 0 Å². The Kier molecular flexibility index (Phi) is 4.06. The van der Waals surface area contributed by atoms with Crippen LogP contribution >= 0.6 is 15.9 Å². The number of nitrogens with one attached hydrogen (secondary N) is 1. The monoisotopic (exact) mass is 328 g/mol. The number of carbonyl (C=O) groups is 2. The average Bonchev–Trinajstić information content (AvgIpc) is 2.74. The second-order valence-corrected chi connectivity index (χ2v) is 5.25. The molecular weight excluding hydrogens is 316 g/mol. The molecule has 1 aromatic carbocycles. The summed E-state index contributed by atoms with van der Waals surface area (Å²) in [6, 6.07) is 5.43. The number of aliphatic hydroxyl groups excluding tert-OH is 1. The molecule has 2 amide bonds. The highest BCUT2D eigenvalue weighted by Gasteiger charge is 2.38. The van der Waals surface area contributed by atoms with Crippen molar-refractivity contribution in [3.63, 3.8) is 0 Å². The number of β-amino-alcohol motifs (C(OH)–C–C–N with tert-alkyl or cyclic N) is 1. The third-order valence-electron chi connectivity index (χ3n) is 2.92. The number of likely N-dealkylation sites (tertiary alicyclic amines) is 1. The first-order valence-electron chi connectivity index (χ1n) is 5.71. The minimum Gasteiger partial charge on any atom is -0.480 e. The zero-order valence-electron chi connectivity index (χ0n) is 9.91. The number of halogens is 1. The molecule has 2 atom stereocenters. The van der Waals surface area contributed by atoms with Gasteiger partial charge in [0.1, 0.15) is 6.04 Å². The lowest BCUT2D eigenvalue weighted by atomic mass is 10.2. The molecule has 0 saturated carbocycles. The van der Waals surface area contributed by atoms with Gasteiger partial charge in [0.05, 0.1) is 6.10 Å². The van der Waals surface area contributed by atoms with Crippen LogP contribution in [0.5, 0.6) is 0 Å². The number of hydrogen-bond donors (Lipinski definition) is 3. The Morgan fingerprint density at radius 3 is 2.53 bits per heavy atom. The Balaban J connectivity index is 2.06. The molecule has 1 aliphatic heterocycles. The number of hydrogen-bond acceptors (Lipinski definition) is 3. The minimum absolute atomic E-state index is 0.0271. The molecule has 1 aliphatic rings. The van der Waals surface area contributed by atoms with Crippen molar-refractivity contribution in [2.24, 2.45) is 0 Å². The number of urea groups is 1. The lowest BCUT2D eigenvalue weighted by Gasteiger charge is -2.21. The zero-order valence-corrected chi connectivity index (χ0v) is 11.5. The predicted octanol–water partition coefficient (Wildman–Crippen LogP) is 1.50. The molecule has 1 fully saturated rings. The first-order valence-corrected chi connectivity index (χ1v) is 6.50. The summed E-state index contributed by atoms with van der Waals surface area (Å²) < 4.78 is 0.880. The molecule has 0 spiro atoms. The Morgan fingerprint density at radius 1 is 1.32 bits per heavy atom. The third kappa shape index (κ3) is 3.24. The van der Waals surface area contributed by atoms with E-state index in [0.717, 1.165) is 9.37 Å². The topological polar surface area (TPSA) is 89.9 Å². The Bertz CT molecular complexity index is 491. The van der Waals surface area contributed by atoms with Crippen LogP contribution in [0.2, 0.25) is 0 Å². The van der Waals surface area contributed by atoms with Gasteiger partial charge in [-0.2, -0.15) is 0 Å². The number of carboxylic acid groups (broad SMARTS) is 1. The molecule has 1 aromatic rings. The average molecular weight is 329 g/mol. The van der Waals surface area contributed by atoms with E-state index >= 15 is 0 Å². The van der Waals surface area contributed by atoms with E-state index in [1.165, 1.54) is 0 Å². The molecule has 0 radical (unpaired) electrons. The van der Waals surface area contributed by atoms with Crippen molar-refractivity contribution in [2.75, 3.05) is 11.9 Å². The highest BCUT2D eigenvalue weighted by atomic mass is 79.9. The van der Waals surface area contributed by atoms with Crippen LogP contribution in [0.3, 0.4) is 0 Å². The Morgan fingerprint density at radius 2 is 1.95 bits per heavy atom. The van der Waals surface area contributed by atoms with Crippen LogP contribution in [0.4, 0.5) is 10.5 Å². The van der Waals surface area contributed by atoms with Gasteiger partial charge in [0.2, 0.25) is 0 Å². The number of rotatable bonds is 2. The van der Waals surface area contributed by atoms with E-state index < -0.39 is 24.1 Å². The quantitative estimate of drug-likeness (QED) is 0.767. The normalized spacial score (nSPS) is 22.3. The van der Waals surface area contributed by atoms with Crippen molar-refractivity contribution in [2.45, 2.75) is 18.6 Å². The van der Waals surface area contributed by atoms with Gasteiger partial charge in [-0.15, -0.1) is 0 Å². The van der Waals surface area contributed by atoms with Gasteiger partial charge in [0, 0.05) is 23.1 Å². The van der Waals surface area contributed by atoms with Gasteiger partial charge < -0.3 is 20.4 Å². The van der Waals surface area contributed by atoms with E-state index in [9.17, 15) is 14.7 Å². The van der Waals surface area contributed by atoms with E-state index in [-0.39, 0.29) is 13.0 Å². The third-order valence-corrected chi connectivity index (χ3v) is 3.45. The number of amides is 2. The molecule has 1 heterocycles. The number of aliphatic carboxylic acids is 1. The van der Waals surface area contributed by atoms with Crippen LogP contribution in [0.1, 0.15) is 6.42 Å². The van der Waals surface area contributed by atoms with Crippen molar-refractivity contribution in [1.29, 1.82) is 0 Å². The summed E-state index contributed by atoms with van der Waals surface area (Å²) in [5.74, 6) is -1.11. The van der Waals surface area contributed by atoms with Crippen LogP contribution < -0.4 is 5.32 Å². The summed E-state index contributed by atoms with van der Waals surface area (Å²) in [6.07, 6.45) is -0.736. The minimum atomic E-state index is -1.11. The van der Waals surface area contributed by atoms with Gasteiger partial charge in [0.25, 0.3) is 0 Å². The van der Waals surface area contributed by atoms with E-state index in [4.69, 9.17) is 5.11 Å². The lowest BCUT2D eigenvalue weighted by molar-refractivity contribution is -0.141. The molecule has 7 heteroatoms. The van der Waals surface area contributed by atoms with E-state index in [1.807, 2.05) is 0 Å². The first kappa shape index (κ1) is 13.8. The molecular formula is C12H13BrN2O4. The second-order valence-electron chi connectivity index (χ2n) is 4.33. The summed E-state index contributed by atoms with van der Waals surface area (Å²) in [5, 5.41) is 21.1. The van der Waals surface area contributed by atoms with Crippen LogP contribution in [0, 0.1) is 0 Å². The molecule has 2 unspecified atom stereocenters. The number of benzene rings is 1. The number of carbonyl (C=O) groups excluding carboxylic acids is 1. The van der Waals surface area contributed by atoms with Crippen molar-refractivity contribution >= 4 is 33.6 Å². The van der Waals surface area contributed by atoms with Crippen molar-refractivity contribution in [1.82, 2.24) is 4.90 Å². The predicted molar refractivity (Wildman–Crippen MR) is 71.9 cm³/mol. The molecule has 0 aliphatic carbocycles. The molecule has 19 heavy (non-hydrogen) atoms. The maximum Gasteiger partial charge on any atom is 0.326 e. The van der Waals surface area contributed by atoms with E-state index in [2.05, 4.69) is 21.2 Å². The van der Waals surface area contributed by atoms with Gasteiger partial charge in [-0.25, -0.2) is 9.59 Å². The van der Waals surface area contributed by atoms with Gasteiger partial charge in [-0.05, 0) is 24.3 Å². The maximum absolute atomic E-state index is 12.0. The number of aliphatic hydroxyl groups is 1. The maximum atomic E-state index is 12.0. The highest BCUT2D eigenvalue weighted by molar-refractivity contribution is 9.10. The molecule has 3 N–H and O–H groups in total. The van der Waals surface area contributed by atoms with Gasteiger partial charge in [0.15, 0.2) is 0 Å². The summed E-state index contributed by atoms with van der Waals surface area (Å²) in [7, 11) is 0. The Hall–Kier alpha value is -1.60. The first-order chi connectivity index (χ1) is 8.97. The smallest absolute Gasteiger partial charge is 0.326 e. The highest BCUT2D eigenvalue weighted by Crippen LogP contribution is 2.20. The van der Waals surface area contributed by atoms with Crippen molar-refractivity contribution in [3.05, 3.63) is 28.7 Å². The standard InChI is InChI=1S/C12H13BrN2O4/c13-7-1-3-8(4-2-7)14-12(19)15-6-9(16)5-10(15)11(17)18/h1-4,9-10,16H,5-6H2,(H,14,19)(H,17,18). The molecule has 0 aromatic heterocycles. The fourth-order valence-corrected chi connectivity index (χ4v) is 2.27. The fraction of sp³-hybridized carbons (Fsp3) is 0.333. The summed E-state index contributed by atoms with van der Waals surface area (Å²) in [5.41, 5.74) is 0.568. The summed E-state index contributed by atoms with van der Waals surface area (Å²) >= 11 is 3.28. The lowest BCUT2D eigenvalue weighted by Crippen LogP contribution is -2.43. The Labute approximate surface area is 118 Å². The zero-order chi connectivity index (χ0) is 14.0. The molecule has 2 rings (SSSR count). The van der Waals surface area contributed by atoms with Crippen LogP contribution in [0.25, 0.3) is 0 Å². The van der Waals surface area contributed by atoms with Crippen molar-refractivity contribution < 1.29 is 19.8 Å². The van der Waals surface area contributed by atoms with Gasteiger partial charge >= 0.3 is 12.0 Å². The summed E-state index contributed by atoms with van der Waals surface area (Å²) in [4.78, 5) is 24.1. The van der Waals surface area contributed by atoms with Gasteiger partial charge in [-0.1, -0.05) is 15.9 Å². The summed E-state index contributed by atoms with van der Waals surface area (Å²) in [6.45, 7) is 0.0271. The number of anilines is 1.